The number of hydrogen-bond donors (Lipinski definition) is 1. The minimum atomic E-state index is -1.44. The predicted molar refractivity (Wildman–Crippen MR) is 94.9 cm³/mol. The number of amides is 2. The van der Waals surface area contributed by atoms with Crippen molar-refractivity contribution >= 4 is 34.3 Å². The van der Waals surface area contributed by atoms with Gasteiger partial charge in [-0.25, -0.2) is 9.11 Å². The highest BCUT2D eigenvalue weighted by Gasteiger charge is 2.37. The molecule has 0 bridgehead atoms. The van der Waals surface area contributed by atoms with Crippen LogP contribution in [-0.2, 0) is 21.7 Å². The summed E-state index contributed by atoms with van der Waals surface area (Å²) in [6.45, 7) is 2.17. The largest absolute Gasteiger partial charge is 0.369 e. The number of benzene rings is 2. The summed E-state index contributed by atoms with van der Waals surface area (Å²) in [4.78, 5) is 26.3. The number of rotatable bonds is 4. The molecule has 2 aromatic carbocycles. The van der Waals surface area contributed by atoms with E-state index in [1.165, 1.54) is 4.90 Å². The van der Waals surface area contributed by atoms with E-state index in [0.717, 1.165) is 11.3 Å². The molecule has 0 aliphatic carbocycles. The van der Waals surface area contributed by atoms with Crippen molar-refractivity contribution in [3.63, 3.8) is 0 Å². The highest BCUT2D eigenvalue weighted by molar-refractivity contribution is 7.81. The summed E-state index contributed by atoms with van der Waals surface area (Å²) < 4.78 is 17.2. The average molecular weight is 356 g/mol. The minimum Gasteiger partial charge on any atom is -0.369 e. The van der Waals surface area contributed by atoms with Crippen LogP contribution in [0, 0.1) is 0 Å². The first-order valence-corrected chi connectivity index (χ1v) is 9.15. The van der Waals surface area contributed by atoms with Crippen LogP contribution in [0.2, 0.25) is 0 Å². The van der Waals surface area contributed by atoms with Crippen molar-refractivity contribution in [1.29, 1.82) is 0 Å². The lowest BCUT2D eigenvalue weighted by Gasteiger charge is -2.15. The Hall–Kier alpha value is -2.51. The van der Waals surface area contributed by atoms with Gasteiger partial charge in [0, 0.05) is 12.1 Å². The summed E-state index contributed by atoms with van der Waals surface area (Å²) in [6, 6.07) is 12.1. The summed E-state index contributed by atoms with van der Waals surface area (Å²) in [5, 5.41) is 2.83. The summed E-state index contributed by atoms with van der Waals surface area (Å²) in [5.41, 5.74) is 3.08. The third-order valence-electron chi connectivity index (χ3n) is 4.33. The third kappa shape index (κ3) is 2.56. The Bertz CT molecular complexity index is 877. The van der Waals surface area contributed by atoms with Crippen molar-refractivity contribution in [2.45, 2.75) is 18.7 Å². The Balaban J connectivity index is 1.63. The molecule has 0 radical (unpaired) electrons. The molecule has 0 aromatic heterocycles. The standard InChI is InChI=1S/C18H16N2O4S/c1-2-24-25(23)16-9-11-7-8-12(10-15(11)19-16)20-17(21)13-5-3-4-6-14(13)18(20)22/h3-8,10,16,19H,2,9H2,1H3. The number of carbonyl (C=O) groups excluding carboxylic acids is 2. The van der Waals surface area contributed by atoms with Crippen LogP contribution >= 0.6 is 0 Å². The molecule has 0 saturated heterocycles. The molecule has 2 aliphatic rings. The van der Waals surface area contributed by atoms with Crippen LogP contribution in [0.5, 0.6) is 0 Å². The maximum atomic E-state index is 12.6. The molecule has 0 saturated carbocycles. The number of hydrogen-bond acceptors (Lipinski definition) is 5. The number of nitrogens with zero attached hydrogens (tertiary/aromatic N) is 1. The molecule has 1 N–H and O–H groups in total. The highest BCUT2D eigenvalue weighted by Crippen LogP contribution is 2.34. The Morgan fingerprint density at radius 2 is 1.84 bits per heavy atom. The second-order valence-corrected chi connectivity index (χ2v) is 7.16. The fourth-order valence-electron chi connectivity index (χ4n) is 3.18. The van der Waals surface area contributed by atoms with Crippen molar-refractivity contribution in [3.05, 3.63) is 59.2 Å². The lowest BCUT2D eigenvalue weighted by atomic mass is 10.1. The molecule has 2 atom stereocenters. The van der Waals surface area contributed by atoms with Gasteiger partial charge in [-0.15, -0.1) is 0 Å². The molecule has 2 aromatic rings. The van der Waals surface area contributed by atoms with Crippen LogP contribution in [-0.4, -0.2) is 28.0 Å². The maximum Gasteiger partial charge on any atom is 0.266 e. The van der Waals surface area contributed by atoms with E-state index in [1.54, 1.807) is 43.3 Å². The first-order chi connectivity index (χ1) is 12.1. The molecule has 2 unspecified atom stereocenters. The van der Waals surface area contributed by atoms with Gasteiger partial charge in [-0.3, -0.25) is 13.8 Å². The number of anilines is 2. The van der Waals surface area contributed by atoms with Crippen molar-refractivity contribution in [3.8, 4) is 0 Å². The SMILES string of the molecule is CCOS(=O)C1Cc2ccc(N3C(=O)c4ccccc4C3=O)cc2N1. The topological polar surface area (TPSA) is 75.7 Å². The zero-order valence-corrected chi connectivity index (χ0v) is 14.3. The van der Waals surface area contributed by atoms with E-state index < -0.39 is 11.1 Å². The van der Waals surface area contributed by atoms with Gasteiger partial charge in [-0.05, 0) is 36.8 Å². The van der Waals surface area contributed by atoms with Gasteiger partial charge in [0.1, 0.15) is 5.37 Å². The Kier molecular flexibility index (Phi) is 3.89. The molecule has 7 heteroatoms. The maximum absolute atomic E-state index is 12.6. The van der Waals surface area contributed by atoms with E-state index in [9.17, 15) is 13.8 Å². The Morgan fingerprint density at radius 3 is 2.48 bits per heavy atom. The molecule has 0 spiro atoms. The molecule has 6 nitrogen and oxygen atoms in total. The zero-order chi connectivity index (χ0) is 17.6. The van der Waals surface area contributed by atoms with Crippen molar-refractivity contribution in [2.24, 2.45) is 0 Å². The number of fused-ring (bicyclic) bond motifs is 2. The monoisotopic (exact) mass is 356 g/mol. The molecule has 2 aliphatic heterocycles. The van der Waals surface area contributed by atoms with Crippen LogP contribution in [0.1, 0.15) is 33.2 Å². The van der Waals surface area contributed by atoms with Crippen molar-refractivity contribution in [1.82, 2.24) is 0 Å². The van der Waals surface area contributed by atoms with Crippen molar-refractivity contribution < 1.29 is 18.0 Å². The number of imide groups is 1. The van der Waals surface area contributed by atoms with Gasteiger partial charge in [0.15, 0.2) is 11.1 Å². The summed E-state index contributed by atoms with van der Waals surface area (Å²) >= 11 is -1.44. The van der Waals surface area contributed by atoms with Crippen LogP contribution in [0.4, 0.5) is 11.4 Å². The van der Waals surface area contributed by atoms with Gasteiger partial charge in [0.2, 0.25) is 0 Å². The highest BCUT2D eigenvalue weighted by atomic mass is 32.2. The van der Waals surface area contributed by atoms with Crippen LogP contribution in [0.3, 0.4) is 0 Å². The Morgan fingerprint density at radius 1 is 1.16 bits per heavy atom. The lowest BCUT2D eigenvalue weighted by molar-refractivity contribution is 0.0926. The fraction of sp³-hybridized carbons (Fsp3) is 0.222. The minimum absolute atomic E-state index is 0.326. The average Bonchev–Trinajstić information content (AvgIpc) is 3.15. The summed E-state index contributed by atoms with van der Waals surface area (Å²) in [6.07, 6.45) is 0.574. The summed E-state index contributed by atoms with van der Waals surface area (Å²) in [7, 11) is 0. The van der Waals surface area contributed by atoms with Gasteiger partial charge in [-0.1, -0.05) is 18.2 Å². The quantitative estimate of drug-likeness (QED) is 0.852. The van der Waals surface area contributed by atoms with E-state index in [0.29, 0.717) is 29.8 Å². The molecular weight excluding hydrogens is 340 g/mol. The number of carbonyl (C=O) groups is 2. The van der Waals surface area contributed by atoms with Gasteiger partial charge in [0.05, 0.1) is 23.4 Å². The predicted octanol–water partition coefficient (Wildman–Crippen LogP) is 2.48. The van der Waals surface area contributed by atoms with E-state index in [4.69, 9.17) is 4.18 Å². The molecule has 128 valence electrons. The zero-order valence-electron chi connectivity index (χ0n) is 13.5. The summed E-state index contributed by atoms with van der Waals surface area (Å²) in [5.74, 6) is -0.652. The third-order valence-corrected chi connectivity index (χ3v) is 5.55. The fourth-order valence-corrected chi connectivity index (χ4v) is 4.11. The molecule has 2 heterocycles. The molecular formula is C18H16N2O4S. The first kappa shape index (κ1) is 16.0. The van der Waals surface area contributed by atoms with Gasteiger partial charge < -0.3 is 5.32 Å². The van der Waals surface area contributed by atoms with Crippen LogP contribution in [0.25, 0.3) is 0 Å². The molecule has 2 amide bonds. The van der Waals surface area contributed by atoms with Crippen LogP contribution in [0.15, 0.2) is 42.5 Å². The normalized spacial score (nSPS) is 19.6. The van der Waals surface area contributed by atoms with Gasteiger partial charge in [-0.2, -0.15) is 0 Å². The first-order valence-electron chi connectivity index (χ1n) is 8.01. The molecule has 25 heavy (non-hydrogen) atoms. The van der Waals surface area contributed by atoms with Gasteiger partial charge >= 0.3 is 0 Å². The van der Waals surface area contributed by atoms with Crippen LogP contribution < -0.4 is 10.2 Å². The van der Waals surface area contributed by atoms with Gasteiger partial charge in [0.25, 0.3) is 11.8 Å². The molecule has 0 fully saturated rings. The lowest BCUT2D eigenvalue weighted by Crippen LogP contribution is -2.29. The molecule has 4 rings (SSSR count). The second kappa shape index (κ2) is 6.09. The second-order valence-electron chi connectivity index (χ2n) is 5.84. The van der Waals surface area contributed by atoms with E-state index >= 15 is 0 Å². The smallest absolute Gasteiger partial charge is 0.266 e. The van der Waals surface area contributed by atoms with E-state index in [1.807, 2.05) is 6.07 Å². The van der Waals surface area contributed by atoms with E-state index in [-0.39, 0.29) is 17.2 Å². The van der Waals surface area contributed by atoms with Crippen molar-refractivity contribution in [2.75, 3.05) is 16.8 Å². The Labute approximate surface area is 147 Å². The number of nitrogens with one attached hydrogen (secondary N) is 1. The van der Waals surface area contributed by atoms with E-state index in [2.05, 4.69) is 5.32 Å².